The molecule has 4 heteroatoms. The molecule has 0 heterocycles. The summed E-state index contributed by atoms with van der Waals surface area (Å²) in [6.45, 7) is 0.115. The zero-order valence-electron chi connectivity index (χ0n) is 11.8. The molecule has 0 radical (unpaired) electrons. The Hall–Kier alpha value is -2.46. The molecule has 0 unspecified atom stereocenters. The van der Waals surface area contributed by atoms with Gasteiger partial charge in [0.2, 0.25) is 0 Å². The third kappa shape index (κ3) is 3.35. The number of hydrogen-bond acceptors (Lipinski definition) is 3. The van der Waals surface area contributed by atoms with Crippen molar-refractivity contribution in [3.05, 3.63) is 71.3 Å². The number of ketones is 1. The molecule has 2 rings (SSSR count). The number of likely N-dealkylation sites (N-methyl/N-ethyl adjacent to an activating group) is 1. The minimum atomic E-state index is -0.274. The molecule has 1 amide bonds. The molecule has 108 valence electrons. The van der Waals surface area contributed by atoms with Crippen LogP contribution in [0.5, 0.6) is 0 Å². The molecular formula is C17H17NO3. The van der Waals surface area contributed by atoms with Gasteiger partial charge in [-0.2, -0.15) is 0 Å². The fourth-order valence-electron chi connectivity index (χ4n) is 2.07. The molecule has 0 saturated heterocycles. The molecular weight excluding hydrogens is 266 g/mol. The molecule has 0 spiro atoms. The summed E-state index contributed by atoms with van der Waals surface area (Å²) in [5.41, 5.74) is 1.27. The number of aliphatic hydroxyl groups is 1. The van der Waals surface area contributed by atoms with Gasteiger partial charge in [-0.3, -0.25) is 9.59 Å². The van der Waals surface area contributed by atoms with Crippen molar-refractivity contribution in [2.45, 2.75) is 0 Å². The molecule has 2 aromatic carbocycles. The van der Waals surface area contributed by atoms with Crippen LogP contribution in [0.2, 0.25) is 0 Å². The van der Waals surface area contributed by atoms with Gasteiger partial charge in [0.1, 0.15) is 0 Å². The van der Waals surface area contributed by atoms with E-state index in [1.807, 2.05) is 6.07 Å². The van der Waals surface area contributed by atoms with Gasteiger partial charge in [0.25, 0.3) is 5.91 Å². The average molecular weight is 283 g/mol. The lowest BCUT2D eigenvalue weighted by Crippen LogP contribution is -2.30. The van der Waals surface area contributed by atoms with Crippen molar-refractivity contribution in [2.75, 3.05) is 20.2 Å². The van der Waals surface area contributed by atoms with Crippen LogP contribution in [0.3, 0.4) is 0 Å². The third-order valence-electron chi connectivity index (χ3n) is 3.22. The SMILES string of the molecule is CN(CCO)C(=O)c1ccccc1C(=O)c1ccccc1. The number of rotatable bonds is 5. The molecule has 4 nitrogen and oxygen atoms in total. The van der Waals surface area contributed by atoms with Gasteiger partial charge in [-0.1, -0.05) is 48.5 Å². The van der Waals surface area contributed by atoms with Crippen LogP contribution in [0.25, 0.3) is 0 Å². The molecule has 0 bridgehead atoms. The summed E-state index contributed by atoms with van der Waals surface area (Å²) in [7, 11) is 1.60. The Bertz CT molecular complexity index is 637. The van der Waals surface area contributed by atoms with Crippen LogP contribution in [0.4, 0.5) is 0 Å². The van der Waals surface area contributed by atoms with E-state index < -0.39 is 0 Å². The van der Waals surface area contributed by atoms with E-state index in [2.05, 4.69) is 0 Å². The molecule has 0 aromatic heterocycles. The summed E-state index contributed by atoms with van der Waals surface area (Å²) < 4.78 is 0. The fourth-order valence-corrected chi connectivity index (χ4v) is 2.07. The van der Waals surface area contributed by atoms with Gasteiger partial charge in [-0.25, -0.2) is 0 Å². The van der Waals surface area contributed by atoms with Gasteiger partial charge >= 0.3 is 0 Å². The second-order valence-electron chi connectivity index (χ2n) is 4.69. The Morgan fingerprint density at radius 2 is 1.52 bits per heavy atom. The number of carbonyl (C=O) groups is 2. The highest BCUT2D eigenvalue weighted by atomic mass is 16.3. The lowest BCUT2D eigenvalue weighted by Gasteiger charge is -2.17. The zero-order chi connectivity index (χ0) is 15.2. The molecule has 0 saturated carbocycles. The molecule has 1 N–H and O–H groups in total. The van der Waals surface area contributed by atoms with E-state index in [9.17, 15) is 9.59 Å². The Balaban J connectivity index is 2.38. The van der Waals surface area contributed by atoms with Crippen LogP contribution in [-0.2, 0) is 0 Å². The van der Waals surface area contributed by atoms with E-state index >= 15 is 0 Å². The van der Waals surface area contributed by atoms with Gasteiger partial charge in [0.15, 0.2) is 5.78 Å². The maximum atomic E-state index is 12.5. The van der Waals surface area contributed by atoms with Crippen molar-refractivity contribution in [3.8, 4) is 0 Å². The summed E-state index contributed by atoms with van der Waals surface area (Å²) in [6, 6.07) is 15.6. The van der Waals surface area contributed by atoms with Gasteiger partial charge < -0.3 is 10.0 Å². The largest absolute Gasteiger partial charge is 0.395 e. The normalized spacial score (nSPS) is 10.2. The maximum Gasteiger partial charge on any atom is 0.254 e. The molecule has 0 aliphatic heterocycles. The van der Waals surface area contributed by atoms with Crippen LogP contribution in [0.15, 0.2) is 54.6 Å². The van der Waals surface area contributed by atoms with E-state index in [0.29, 0.717) is 16.7 Å². The Kier molecular flexibility index (Phi) is 4.85. The van der Waals surface area contributed by atoms with E-state index in [4.69, 9.17) is 5.11 Å². The van der Waals surface area contributed by atoms with Crippen LogP contribution in [0.1, 0.15) is 26.3 Å². The number of aliphatic hydroxyl groups excluding tert-OH is 1. The lowest BCUT2D eigenvalue weighted by molar-refractivity contribution is 0.0763. The van der Waals surface area contributed by atoms with E-state index in [1.165, 1.54) is 4.90 Å². The van der Waals surface area contributed by atoms with Gasteiger partial charge in [0.05, 0.1) is 12.2 Å². The quantitative estimate of drug-likeness (QED) is 0.854. The predicted molar refractivity (Wildman–Crippen MR) is 80.4 cm³/mol. The van der Waals surface area contributed by atoms with Crippen molar-refractivity contribution < 1.29 is 14.7 Å². The standard InChI is InChI=1S/C17H17NO3/c1-18(11-12-19)17(21)15-10-6-5-9-14(15)16(20)13-7-3-2-4-8-13/h2-10,19H,11-12H2,1H3. The Morgan fingerprint density at radius 3 is 2.14 bits per heavy atom. The van der Waals surface area contributed by atoms with Crippen molar-refractivity contribution in [2.24, 2.45) is 0 Å². The van der Waals surface area contributed by atoms with Crippen molar-refractivity contribution in [3.63, 3.8) is 0 Å². The van der Waals surface area contributed by atoms with Crippen molar-refractivity contribution in [1.82, 2.24) is 4.90 Å². The highest BCUT2D eigenvalue weighted by molar-refractivity contribution is 6.15. The highest BCUT2D eigenvalue weighted by Gasteiger charge is 2.20. The summed E-state index contributed by atoms with van der Waals surface area (Å²) in [6.07, 6.45) is 0. The molecule has 0 aliphatic rings. The smallest absolute Gasteiger partial charge is 0.254 e. The summed E-state index contributed by atoms with van der Waals surface area (Å²) in [5.74, 6) is -0.458. The predicted octanol–water partition coefficient (Wildman–Crippen LogP) is 1.98. The summed E-state index contributed by atoms with van der Waals surface area (Å²) >= 11 is 0. The maximum absolute atomic E-state index is 12.5. The monoisotopic (exact) mass is 283 g/mol. The van der Waals surface area contributed by atoms with Gasteiger partial charge in [-0.15, -0.1) is 0 Å². The number of carbonyl (C=O) groups excluding carboxylic acids is 2. The fraction of sp³-hybridized carbons (Fsp3) is 0.176. The number of benzene rings is 2. The first-order valence-electron chi connectivity index (χ1n) is 6.70. The Labute approximate surface area is 123 Å². The van der Waals surface area contributed by atoms with Crippen LogP contribution in [0, 0.1) is 0 Å². The second kappa shape index (κ2) is 6.81. The Morgan fingerprint density at radius 1 is 0.952 bits per heavy atom. The summed E-state index contributed by atoms with van der Waals surface area (Å²) in [5, 5.41) is 8.93. The summed E-state index contributed by atoms with van der Waals surface area (Å²) in [4.78, 5) is 26.3. The van der Waals surface area contributed by atoms with E-state index in [1.54, 1.807) is 55.6 Å². The molecule has 0 atom stereocenters. The average Bonchev–Trinajstić information content (AvgIpc) is 2.54. The first kappa shape index (κ1) is 14.9. The van der Waals surface area contributed by atoms with Crippen LogP contribution < -0.4 is 0 Å². The number of hydrogen-bond donors (Lipinski definition) is 1. The minimum Gasteiger partial charge on any atom is -0.395 e. The molecule has 21 heavy (non-hydrogen) atoms. The topological polar surface area (TPSA) is 57.6 Å². The first-order chi connectivity index (χ1) is 10.1. The van der Waals surface area contributed by atoms with Gasteiger partial charge in [0, 0.05) is 24.7 Å². The molecule has 0 aliphatic carbocycles. The third-order valence-corrected chi connectivity index (χ3v) is 3.22. The lowest BCUT2D eigenvalue weighted by atomic mass is 9.97. The number of amides is 1. The molecule has 0 fully saturated rings. The highest BCUT2D eigenvalue weighted by Crippen LogP contribution is 2.16. The van der Waals surface area contributed by atoms with Gasteiger partial charge in [-0.05, 0) is 6.07 Å². The van der Waals surface area contributed by atoms with Crippen LogP contribution >= 0.6 is 0 Å². The molecule has 2 aromatic rings. The zero-order valence-corrected chi connectivity index (χ0v) is 11.8. The van der Waals surface area contributed by atoms with E-state index in [0.717, 1.165) is 0 Å². The second-order valence-corrected chi connectivity index (χ2v) is 4.69. The first-order valence-corrected chi connectivity index (χ1v) is 6.70. The minimum absolute atomic E-state index is 0.114. The van der Waals surface area contributed by atoms with Crippen LogP contribution in [-0.4, -0.2) is 41.9 Å². The number of nitrogens with zero attached hydrogens (tertiary/aromatic N) is 1. The van der Waals surface area contributed by atoms with Crippen molar-refractivity contribution in [1.29, 1.82) is 0 Å². The van der Waals surface area contributed by atoms with Crippen molar-refractivity contribution >= 4 is 11.7 Å². The van der Waals surface area contributed by atoms with E-state index in [-0.39, 0.29) is 24.8 Å².